The van der Waals surface area contributed by atoms with E-state index in [0.29, 0.717) is 31.4 Å². The van der Waals surface area contributed by atoms with Crippen molar-refractivity contribution in [2.75, 3.05) is 18.4 Å². The normalized spacial score (nSPS) is 15.4. The second-order valence-corrected chi connectivity index (χ2v) is 7.42. The molecule has 29 heavy (non-hydrogen) atoms. The number of rotatable bonds is 3. The van der Waals surface area contributed by atoms with Crippen molar-refractivity contribution in [3.63, 3.8) is 0 Å². The van der Waals surface area contributed by atoms with Crippen LogP contribution in [0.5, 0.6) is 11.5 Å². The lowest BCUT2D eigenvalue weighted by atomic mass is 10.2. The fourth-order valence-corrected chi connectivity index (χ4v) is 3.79. The molecule has 0 N–H and O–H groups in total. The highest BCUT2D eigenvalue weighted by atomic mass is 16.7. The molecule has 0 saturated heterocycles. The Bertz CT molecular complexity index is 1130. The van der Waals surface area contributed by atoms with Crippen molar-refractivity contribution in [2.24, 2.45) is 0 Å². The Kier molecular flexibility index (Phi) is 4.24. The first-order valence-corrected chi connectivity index (χ1v) is 9.61. The Balaban J connectivity index is 1.53. The summed E-state index contributed by atoms with van der Waals surface area (Å²) in [6, 6.07) is 16.0. The maximum atomic E-state index is 13.0. The van der Waals surface area contributed by atoms with E-state index in [4.69, 9.17) is 14.5 Å². The zero-order chi connectivity index (χ0) is 20.0. The van der Waals surface area contributed by atoms with Crippen molar-refractivity contribution in [2.45, 2.75) is 27.1 Å². The molecule has 0 amide bonds. The molecule has 3 aromatic rings. The van der Waals surface area contributed by atoms with Crippen LogP contribution in [0, 0.1) is 13.8 Å². The summed E-state index contributed by atoms with van der Waals surface area (Å²) in [4.78, 5) is 22.0. The topological polar surface area (TPSA) is 59.8 Å². The van der Waals surface area contributed by atoms with Gasteiger partial charge in [0.2, 0.25) is 12.7 Å². The molecule has 2 aromatic carbocycles. The Labute approximate surface area is 168 Å². The summed E-state index contributed by atoms with van der Waals surface area (Å²) in [6.45, 7) is 5.78. The molecule has 0 spiro atoms. The molecule has 0 saturated carbocycles. The number of aryl methyl sites for hydroxylation is 1. The van der Waals surface area contributed by atoms with Crippen molar-refractivity contribution in [1.29, 1.82) is 0 Å². The van der Waals surface area contributed by atoms with Crippen molar-refractivity contribution < 1.29 is 9.47 Å². The number of fused-ring (bicyclic) bond motifs is 2. The molecule has 148 valence electrons. The molecule has 0 atom stereocenters. The third-order valence-electron chi connectivity index (χ3n) is 5.45. The minimum Gasteiger partial charge on any atom is -0.454 e. The van der Waals surface area contributed by atoms with Crippen molar-refractivity contribution in [3.05, 3.63) is 75.7 Å². The standard InChI is InChI=1S/C22H22N4O3/c1-15-16(2)23-22-25(18-6-4-3-5-7-18)12-24(13-26(22)21(15)27)11-17-8-9-19-20(10-17)29-14-28-19/h3-10H,11-14H2,1-2H3. The summed E-state index contributed by atoms with van der Waals surface area (Å²) in [5.74, 6) is 2.23. The second-order valence-electron chi connectivity index (χ2n) is 7.42. The molecule has 3 heterocycles. The van der Waals surface area contributed by atoms with Crippen molar-refractivity contribution in [3.8, 4) is 11.5 Å². The summed E-state index contributed by atoms with van der Waals surface area (Å²) >= 11 is 0. The summed E-state index contributed by atoms with van der Waals surface area (Å²) in [7, 11) is 0. The maximum Gasteiger partial charge on any atom is 0.259 e. The summed E-state index contributed by atoms with van der Waals surface area (Å²) in [5.41, 5.74) is 3.57. The van der Waals surface area contributed by atoms with Gasteiger partial charge in [-0.2, -0.15) is 0 Å². The highest BCUT2D eigenvalue weighted by molar-refractivity contribution is 5.58. The van der Waals surface area contributed by atoms with E-state index >= 15 is 0 Å². The van der Waals surface area contributed by atoms with Gasteiger partial charge < -0.3 is 9.47 Å². The van der Waals surface area contributed by atoms with E-state index < -0.39 is 0 Å². The molecule has 0 aliphatic carbocycles. The van der Waals surface area contributed by atoms with Crippen LogP contribution in [0.25, 0.3) is 0 Å². The molecular formula is C22H22N4O3. The first kappa shape index (κ1) is 17.8. The quantitative estimate of drug-likeness (QED) is 0.685. The van der Waals surface area contributed by atoms with E-state index in [1.54, 1.807) is 4.57 Å². The first-order valence-electron chi connectivity index (χ1n) is 9.61. The lowest BCUT2D eigenvalue weighted by Gasteiger charge is -2.38. The number of ether oxygens (including phenoxy) is 2. The van der Waals surface area contributed by atoms with Gasteiger partial charge >= 0.3 is 0 Å². The molecule has 0 bridgehead atoms. The summed E-state index contributed by atoms with van der Waals surface area (Å²) in [5, 5.41) is 0. The van der Waals surface area contributed by atoms with Crippen LogP contribution < -0.4 is 19.9 Å². The molecule has 7 heteroatoms. The van der Waals surface area contributed by atoms with E-state index in [-0.39, 0.29) is 12.4 Å². The second kappa shape index (κ2) is 6.93. The van der Waals surface area contributed by atoms with Gasteiger partial charge in [0.1, 0.15) is 0 Å². The van der Waals surface area contributed by atoms with Gasteiger partial charge in [-0.3, -0.25) is 19.2 Å². The molecule has 5 rings (SSSR count). The average molecular weight is 390 g/mol. The molecule has 2 aliphatic heterocycles. The van der Waals surface area contributed by atoms with Crippen LogP contribution >= 0.6 is 0 Å². The minimum atomic E-state index is 0.00354. The first-order chi connectivity index (χ1) is 14.1. The third-order valence-corrected chi connectivity index (χ3v) is 5.45. The minimum absolute atomic E-state index is 0.00354. The molecule has 2 aliphatic rings. The zero-order valence-corrected chi connectivity index (χ0v) is 16.5. The third kappa shape index (κ3) is 3.13. The van der Waals surface area contributed by atoms with E-state index in [0.717, 1.165) is 28.4 Å². The van der Waals surface area contributed by atoms with Crippen LogP contribution in [0.1, 0.15) is 16.8 Å². The largest absolute Gasteiger partial charge is 0.454 e. The smallest absolute Gasteiger partial charge is 0.259 e. The van der Waals surface area contributed by atoms with Crippen LogP contribution in [0.3, 0.4) is 0 Å². The van der Waals surface area contributed by atoms with Crippen LogP contribution in [-0.4, -0.2) is 27.9 Å². The molecule has 7 nitrogen and oxygen atoms in total. The van der Waals surface area contributed by atoms with Crippen molar-refractivity contribution >= 4 is 11.6 Å². The molecule has 1 aromatic heterocycles. The predicted octanol–water partition coefficient (Wildman–Crippen LogP) is 3.16. The zero-order valence-electron chi connectivity index (χ0n) is 16.5. The fraction of sp³-hybridized carbons (Fsp3) is 0.273. The molecule has 0 fully saturated rings. The Morgan fingerprint density at radius 2 is 1.79 bits per heavy atom. The Hall–Kier alpha value is -3.32. The Morgan fingerprint density at radius 1 is 1.00 bits per heavy atom. The lowest BCUT2D eigenvalue weighted by Crippen LogP contribution is -2.47. The molecule has 0 radical (unpaired) electrons. The Morgan fingerprint density at radius 3 is 2.62 bits per heavy atom. The van der Waals surface area contributed by atoms with Crippen LogP contribution in [0.2, 0.25) is 0 Å². The van der Waals surface area contributed by atoms with Crippen LogP contribution in [0.4, 0.5) is 11.6 Å². The predicted molar refractivity (Wildman–Crippen MR) is 110 cm³/mol. The van der Waals surface area contributed by atoms with Gasteiger partial charge in [0.05, 0.1) is 13.3 Å². The number of para-hydroxylation sites is 1. The maximum absolute atomic E-state index is 13.0. The van der Waals surface area contributed by atoms with Gasteiger partial charge in [-0.05, 0) is 43.7 Å². The number of aromatic nitrogens is 2. The number of benzene rings is 2. The summed E-state index contributed by atoms with van der Waals surface area (Å²) in [6.07, 6.45) is 0. The van der Waals surface area contributed by atoms with E-state index in [9.17, 15) is 4.79 Å². The average Bonchev–Trinajstić information content (AvgIpc) is 3.21. The van der Waals surface area contributed by atoms with Crippen LogP contribution in [-0.2, 0) is 13.2 Å². The number of anilines is 2. The van der Waals surface area contributed by atoms with E-state index in [1.165, 1.54) is 0 Å². The fourth-order valence-electron chi connectivity index (χ4n) is 3.79. The highest BCUT2D eigenvalue weighted by Gasteiger charge is 2.27. The van der Waals surface area contributed by atoms with Gasteiger partial charge in [-0.25, -0.2) is 4.98 Å². The molecule has 0 unspecified atom stereocenters. The summed E-state index contributed by atoms with van der Waals surface area (Å²) < 4.78 is 12.7. The number of hydrogen-bond acceptors (Lipinski definition) is 6. The van der Waals surface area contributed by atoms with Gasteiger partial charge in [-0.15, -0.1) is 0 Å². The number of hydrogen-bond donors (Lipinski definition) is 0. The molecular weight excluding hydrogens is 368 g/mol. The van der Waals surface area contributed by atoms with Gasteiger partial charge in [0, 0.05) is 23.5 Å². The van der Waals surface area contributed by atoms with Gasteiger partial charge in [0.25, 0.3) is 5.56 Å². The SMILES string of the molecule is Cc1nc2n(c(=O)c1C)CN(Cc1ccc3c(c1)OCO3)CN2c1ccccc1. The van der Waals surface area contributed by atoms with E-state index in [1.807, 2.05) is 62.4 Å². The van der Waals surface area contributed by atoms with Crippen molar-refractivity contribution in [1.82, 2.24) is 14.5 Å². The number of nitrogens with zero attached hydrogens (tertiary/aromatic N) is 4. The van der Waals surface area contributed by atoms with Gasteiger partial charge in [0.15, 0.2) is 11.5 Å². The highest BCUT2D eigenvalue weighted by Crippen LogP contribution is 2.33. The van der Waals surface area contributed by atoms with Crippen LogP contribution in [0.15, 0.2) is 53.3 Å². The monoisotopic (exact) mass is 390 g/mol. The van der Waals surface area contributed by atoms with E-state index in [2.05, 4.69) is 9.80 Å². The van der Waals surface area contributed by atoms with Gasteiger partial charge in [-0.1, -0.05) is 24.3 Å². The lowest BCUT2D eigenvalue weighted by molar-refractivity contribution is 0.173.